The number of carbonyl (C=O) groups is 1. The molecule has 1 aliphatic rings. The third-order valence-electron chi connectivity index (χ3n) is 7.95. The highest BCUT2D eigenvalue weighted by Crippen LogP contribution is 2.25. The molecule has 4 rings (SSSR count). The van der Waals surface area contributed by atoms with Gasteiger partial charge in [-0.15, -0.1) is 0 Å². The summed E-state index contributed by atoms with van der Waals surface area (Å²) < 4.78 is 12.1. The lowest BCUT2D eigenvalue weighted by Crippen LogP contribution is -2.38. The highest BCUT2D eigenvalue weighted by atomic mass is 16.5. The predicted octanol–water partition coefficient (Wildman–Crippen LogP) is 6.27. The maximum Gasteiger partial charge on any atom is 0.251 e. The van der Waals surface area contributed by atoms with Crippen LogP contribution < -0.4 is 10.1 Å². The lowest BCUT2D eigenvalue weighted by atomic mass is 9.99. The molecule has 0 saturated carbocycles. The van der Waals surface area contributed by atoms with Crippen LogP contribution in [-0.4, -0.2) is 68.3 Å². The molecule has 1 heterocycles. The van der Waals surface area contributed by atoms with Crippen molar-refractivity contribution in [3.05, 3.63) is 100 Å². The molecule has 3 aromatic carbocycles. The van der Waals surface area contributed by atoms with Crippen LogP contribution in [0.15, 0.2) is 66.7 Å². The molecule has 1 atom stereocenters. The van der Waals surface area contributed by atoms with Crippen molar-refractivity contribution in [2.75, 3.05) is 52.5 Å². The van der Waals surface area contributed by atoms with Gasteiger partial charge in [-0.1, -0.05) is 81.8 Å². The molecule has 1 unspecified atom stereocenters. The average Bonchev–Trinajstić information content (AvgIpc) is 2.97. The Kier molecular flexibility index (Phi) is 12.0. The number of nitrogens with zero attached hydrogens (tertiary/aromatic N) is 2. The van der Waals surface area contributed by atoms with Crippen molar-refractivity contribution in [1.82, 2.24) is 15.1 Å². The zero-order valence-corrected chi connectivity index (χ0v) is 26.2. The van der Waals surface area contributed by atoms with Crippen molar-refractivity contribution in [2.24, 2.45) is 5.92 Å². The Labute approximate surface area is 253 Å². The van der Waals surface area contributed by atoms with E-state index in [1.807, 2.05) is 18.2 Å². The van der Waals surface area contributed by atoms with Gasteiger partial charge in [-0.25, -0.2) is 0 Å². The minimum absolute atomic E-state index is 0.0668. The van der Waals surface area contributed by atoms with Crippen LogP contribution in [0.1, 0.15) is 71.9 Å². The van der Waals surface area contributed by atoms with Crippen molar-refractivity contribution in [3.8, 4) is 5.75 Å². The highest BCUT2D eigenvalue weighted by Gasteiger charge is 2.20. The van der Waals surface area contributed by atoms with Crippen molar-refractivity contribution in [3.63, 3.8) is 0 Å². The van der Waals surface area contributed by atoms with E-state index in [1.54, 1.807) is 0 Å². The number of carbonyl (C=O) groups excluding carboxylic acids is 1. The minimum atomic E-state index is -0.0668. The third-order valence-corrected chi connectivity index (χ3v) is 7.95. The van der Waals surface area contributed by atoms with Crippen LogP contribution in [0.3, 0.4) is 0 Å². The maximum absolute atomic E-state index is 13.5. The largest absolute Gasteiger partial charge is 0.491 e. The fourth-order valence-electron chi connectivity index (χ4n) is 5.78. The first-order valence-corrected chi connectivity index (χ1v) is 15.6. The molecular formula is C36H49N3O3. The topological polar surface area (TPSA) is 54.0 Å². The van der Waals surface area contributed by atoms with Gasteiger partial charge >= 0.3 is 0 Å². The predicted molar refractivity (Wildman–Crippen MR) is 171 cm³/mol. The van der Waals surface area contributed by atoms with Gasteiger partial charge < -0.3 is 14.8 Å². The number of benzene rings is 3. The number of rotatable bonds is 9. The summed E-state index contributed by atoms with van der Waals surface area (Å²) in [4.78, 5) is 18.3. The van der Waals surface area contributed by atoms with Crippen molar-refractivity contribution >= 4 is 5.91 Å². The van der Waals surface area contributed by atoms with Gasteiger partial charge in [0, 0.05) is 38.2 Å². The first-order chi connectivity index (χ1) is 20.4. The van der Waals surface area contributed by atoms with E-state index in [-0.39, 0.29) is 11.9 Å². The fourth-order valence-corrected chi connectivity index (χ4v) is 5.78. The number of likely N-dealkylation sites (N-methyl/N-ethyl adjacent to an activating group) is 1. The van der Waals surface area contributed by atoms with Crippen LogP contribution in [0.25, 0.3) is 0 Å². The van der Waals surface area contributed by atoms with E-state index >= 15 is 0 Å². The van der Waals surface area contributed by atoms with Crippen molar-refractivity contribution < 1.29 is 14.3 Å². The third kappa shape index (κ3) is 9.15. The highest BCUT2D eigenvalue weighted by molar-refractivity contribution is 5.94. The first-order valence-electron chi connectivity index (χ1n) is 15.6. The molecule has 42 heavy (non-hydrogen) atoms. The van der Waals surface area contributed by atoms with Crippen molar-refractivity contribution in [1.29, 1.82) is 0 Å². The molecule has 1 amide bonds. The summed E-state index contributed by atoms with van der Waals surface area (Å²) in [5.74, 6) is 1.33. The Morgan fingerprint density at radius 2 is 1.71 bits per heavy atom. The van der Waals surface area contributed by atoms with E-state index in [9.17, 15) is 4.79 Å². The molecule has 0 aliphatic carbocycles. The minimum Gasteiger partial charge on any atom is -0.491 e. The molecule has 0 aromatic heterocycles. The molecule has 0 radical (unpaired) electrons. The Morgan fingerprint density at radius 3 is 2.45 bits per heavy atom. The Morgan fingerprint density at radius 1 is 0.952 bits per heavy atom. The molecular weight excluding hydrogens is 522 g/mol. The number of amides is 1. The van der Waals surface area contributed by atoms with Crippen LogP contribution in [0.5, 0.6) is 5.75 Å². The summed E-state index contributed by atoms with van der Waals surface area (Å²) in [6, 6.07) is 23.3. The van der Waals surface area contributed by atoms with Gasteiger partial charge in [-0.2, -0.15) is 0 Å². The molecule has 6 heteroatoms. The maximum atomic E-state index is 13.5. The molecule has 0 fully saturated rings. The van der Waals surface area contributed by atoms with Gasteiger partial charge in [0.2, 0.25) is 0 Å². The van der Waals surface area contributed by atoms with Gasteiger partial charge in [0.1, 0.15) is 12.4 Å². The van der Waals surface area contributed by atoms with Crippen molar-refractivity contribution in [2.45, 2.75) is 53.6 Å². The van der Waals surface area contributed by atoms with E-state index in [0.717, 1.165) is 44.0 Å². The van der Waals surface area contributed by atoms with Gasteiger partial charge in [-0.05, 0) is 66.4 Å². The Hall–Kier alpha value is -3.19. The normalized spacial score (nSPS) is 15.5. The van der Waals surface area contributed by atoms with E-state index in [4.69, 9.17) is 9.47 Å². The number of ether oxygens (including phenoxy) is 2. The zero-order valence-electron chi connectivity index (χ0n) is 26.2. The molecule has 1 aliphatic heterocycles. The van der Waals surface area contributed by atoms with E-state index in [1.165, 1.54) is 22.3 Å². The Balaban J connectivity index is 1.54. The lowest BCUT2D eigenvalue weighted by Gasteiger charge is -2.30. The monoisotopic (exact) mass is 571 g/mol. The number of hydrogen-bond acceptors (Lipinski definition) is 5. The summed E-state index contributed by atoms with van der Waals surface area (Å²) in [7, 11) is 0. The van der Waals surface area contributed by atoms with Gasteiger partial charge in [-0.3, -0.25) is 14.6 Å². The molecule has 0 saturated heterocycles. The summed E-state index contributed by atoms with van der Waals surface area (Å²) in [6.45, 7) is 17.9. The Bertz CT molecular complexity index is 1270. The van der Waals surface area contributed by atoms with Gasteiger partial charge in [0.05, 0.1) is 19.3 Å². The second-order valence-corrected chi connectivity index (χ2v) is 11.8. The summed E-state index contributed by atoms with van der Waals surface area (Å²) in [5, 5.41) is 3.23. The van der Waals surface area contributed by atoms with E-state index in [0.29, 0.717) is 44.3 Å². The summed E-state index contributed by atoms with van der Waals surface area (Å²) in [5.41, 5.74) is 6.62. The molecule has 3 aromatic rings. The SMILES string of the molecule is CCN(CC)C(CNC(=O)c1ccc2c(c1)Cc1cccc(c1)CN(CC(C)C)CCOCCO2)c1ccc(C)cc1. The standard InChI is InChI=1S/C36H49N3O3/c1-6-39(7-2)34(31-13-11-28(5)12-14-31)24-37-36(40)32-15-16-35-33(23-32)22-29-9-8-10-30(21-29)26-38(25-27(3)4)17-18-41-19-20-42-35/h8-16,21,23,27,34H,6-7,17-20,22,24-26H2,1-5H3,(H,37,40). The quantitative estimate of drug-likeness (QED) is 0.328. The number of nitrogens with one attached hydrogen (secondary N) is 1. The number of hydrogen-bond donors (Lipinski definition) is 1. The first kappa shape index (κ1) is 31.7. The molecule has 1 N–H and O–H groups in total. The van der Waals surface area contributed by atoms with E-state index < -0.39 is 0 Å². The van der Waals surface area contributed by atoms with E-state index in [2.05, 4.69) is 98.3 Å². The molecule has 226 valence electrons. The average molecular weight is 572 g/mol. The van der Waals surface area contributed by atoms with Crippen LogP contribution in [0.2, 0.25) is 0 Å². The fraction of sp³-hybridized carbons (Fsp3) is 0.472. The molecule has 2 bridgehead atoms. The summed E-state index contributed by atoms with van der Waals surface area (Å²) >= 11 is 0. The molecule has 0 spiro atoms. The number of fused-ring (bicyclic) bond motifs is 3. The van der Waals surface area contributed by atoms with Gasteiger partial charge in [0.25, 0.3) is 5.91 Å². The van der Waals surface area contributed by atoms with Crippen LogP contribution in [-0.2, 0) is 17.7 Å². The second kappa shape index (κ2) is 15.9. The summed E-state index contributed by atoms with van der Waals surface area (Å²) in [6.07, 6.45) is 0.695. The van der Waals surface area contributed by atoms with Crippen LogP contribution in [0, 0.1) is 12.8 Å². The van der Waals surface area contributed by atoms with Gasteiger partial charge in [0.15, 0.2) is 0 Å². The number of aryl methyl sites for hydroxylation is 1. The smallest absolute Gasteiger partial charge is 0.251 e. The second-order valence-electron chi connectivity index (χ2n) is 11.8. The van der Waals surface area contributed by atoms with Crippen LogP contribution in [0.4, 0.5) is 0 Å². The molecule has 6 nitrogen and oxygen atoms in total. The zero-order chi connectivity index (χ0) is 29.9. The lowest BCUT2D eigenvalue weighted by molar-refractivity contribution is 0.0746. The van der Waals surface area contributed by atoms with Crippen LogP contribution >= 0.6 is 0 Å².